The third kappa shape index (κ3) is 5.30. The molecule has 1 aromatic rings. The predicted octanol–water partition coefficient (Wildman–Crippen LogP) is 5.25. The summed E-state index contributed by atoms with van der Waals surface area (Å²) in [4.78, 5) is 16.8. The molecular formula is C21H33NO2S. The molecule has 25 heavy (non-hydrogen) atoms. The largest absolute Gasteiger partial charge is 0.381 e. The Bertz CT molecular complexity index is 502. The van der Waals surface area contributed by atoms with Gasteiger partial charge < -0.3 is 9.64 Å². The molecule has 1 saturated heterocycles. The van der Waals surface area contributed by atoms with Gasteiger partial charge in [-0.15, -0.1) is 11.3 Å². The molecule has 0 spiro atoms. The van der Waals surface area contributed by atoms with Crippen LogP contribution in [0.1, 0.15) is 69.6 Å². The van der Waals surface area contributed by atoms with Crippen molar-refractivity contribution in [2.45, 2.75) is 77.3 Å². The Hall–Kier alpha value is -0.870. The van der Waals surface area contributed by atoms with Gasteiger partial charge in [-0.25, -0.2) is 0 Å². The molecule has 3 nitrogen and oxygen atoms in total. The summed E-state index contributed by atoms with van der Waals surface area (Å²) in [5.41, 5.74) is 0. The molecule has 1 aromatic heterocycles. The number of hydrogen-bond donors (Lipinski definition) is 0. The van der Waals surface area contributed by atoms with E-state index in [0.29, 0.717) is 11.9 Å². The lowest BCUT2D eigenvalue weighted by Gasteiger charge is -2.38. The van der Waals surface area contributed by atoms with Gasteiger partial charge in [0.2, 0.25) is 5.91 Å². The van der Waals surface area contributed by atoms with Crippen molar-refractivity contribution in [3.63, 3.8) is 0 Å². The highest BCUT2D eigenvalue weighted by atomic mass is 32.1. The maximum atomic E-state index is 13.3. The topological polar surface area (TPSA) is 29.5 Å². The fourth-order valence-corrected chi connectivity index (χ4v) is 5.08. The molecule has 2 heterocycles. The van der Waals surface area contributed by atoms with Gasteiger partial charge >= 0.3 is 0 Å². The molecule has 0 unspecified atom stereocenters. The molecule has 2 aliphatic rings. The van der Waals surface area contributed by atoms with Crippen molar-refractivity contribution in [1.29, 1.82) is 0 Å². The zero-order chi connectivity index (χ0) is 17.5. The summed E-state index contributed by atoms with van der Waals surface area (Å²) in [5.74, 6) is 1.52. The van der Waals surface area contributed by atoms with Gasteiger partial charge in [-0.3, -0.25) is 4.79 Å². The van der Waals surface area contributed by atoms with E-state index in [9.17, 15) is 4.79 Å². The van der Waals surface area contributed by atoms with Crippen molar-refractivity contribution in [3.8, 4) is 0 Å². The van der Waals surface area contributed by atoms with E-state index in [2.05, 4.69) is 29.3 Å². The highest BCUT2D eigenvalue weighted by molar-refractivity contribution is 7.09. The molecular weight excluding hydrogens is 330 g/mol. The Morgan fingerprint density at radius 1 is 1.20 bits per heavy atom. The summed E-state index contributed by atoms with van der Waals surface area (Å²) in [5, 5.41) is 2.11. The summed E-state index contributed by atoms with van der Waals surface area (Å²) >= 11 is 1.76. The first kappa shape index (κ1) is 18.9. The Kier molecular flexibility index (Phi) is 7.35. The zero-order valence-corrected chi connectivity index (χ0v) is 16.4. The van der Waals surface area contributed by atoms with Gasteiger partial charge in [-0.2, -0.15) is 0 Å². The fourth-order valence-electron chi connectivity index (χ4n) is 4.38. The average molecular weight is 364 g/mol. The number of nitrogens with zero attached hydrogens (tertiary/aromatic N) is 1. The van der Waals surface area contributed by atoms with Crippen LogP contribution < -0.4 is 0 Å². The number of unbranched alkanes of at least 4 members (excludes halogenated alkanes) is 1. The molecule has 4 heteroatoms. The number of amides is 1. The van der Waals surface area contributed by atoms with E-state index in [1.54, 1.807) is 11.3 Å². The van der Waals surface area contributed by atoms with Crippen LogP contribution in [0.2, 0.25) is 0 Å². The summed E-state index contributed by atoms with van der Waals surface area (Å²) in [6.07, 6.45) is 10.7. The van der Waals surface area contributed by atoms with Gasteiger partial charge in [-0.05, 0) is 55.9 Å². The molecule has 3 rings (SSSR count). The third-order valence-electron chi connectivity index (χ3n) is 5.98. The van der Waals surface area contributed by atoms with Crippen molar-refractivity contribution in [2.75, 3.05) is 13.2 Å². The summed E-state index contributed by atoms with van der Waals surface area (Å²) < 4.78 is 5.53. The molecule has 1 aliphatic heterocycles. The molecule has 0 N–H and O–H groups in total. The van der Waals surface area contributed by atoms with Crippen LogP contribution in [0.4, 0.5) is 0 Å². The van der Waals surface area contributed by atoms with E-state index in [1.807, 2.05) is 0 Å². The van der Waals surface area contributed by atoms with E-state index in [-0.39, 0.29) is 5.92 Å². The second-order valence-electron chi connectivity index (χ2n) is 7.75. The van der Waals surface area contributed by atoms with Crippen LogP contribution in [0, 0.1) is 11.8 Å². The van der Waals surface area contributed by atoms with Crippen molar-refractivity contribution in [1.82, 2.24) is 4.90 Å². The molecule has 0 atom stereocenters. The van der Waals surface area contributed by atoms with Crippen LogP contribution in [0.15, 0.2) is 17.5 Å². The molecule has 2 fully saturated rings. The SMILES string of the molecule is CCCCC1CCC(C(=O)N(Cc2cccs2)C2CCOCC2)CC1. The number of carbonyl (C=O) groups excluding carboxylic acids is 1. The minimum absolute atomic E-state index is 0.251. The van der Waals surface area contributed by atoms with Crippen molar-refractivity contribution in [2.24, 2.45) is 11.8 Å². The standard InChI is InChI=1S/C21H33NO2S/c1-2-3-5-17-7-9-18(10-8-17)21(23)22(16-20-6-4-15-25-20)19-11-13-24-14-12-19/h4,6,15,17-19H,2-3,5,7-14,16H2,1H3. The normalized spacial score (nSPS) is 25.0. The first-order valence-electron chi connectivity index (χ1n) is 10.2. The number of hydrogen-bond acceptors (Lipinski definition) is 3. The molecule has 0 aromatic carbocycles. The van der Waals surface area contributed by atoms with Crippen molar-refractivity contribution >= 4 is 17.2 Å². The highest BCUT2D eigenvalue weighted by Crippen LogP contribution is 2.34. The smallest absolute Gasteiger partial charge is 0.226 e. The van der Waals surface area contributed by atoms with Crippen molar-refractivity contribution in [3.05, 3.63) is 22.4 Å². The maximum Gasteiger partial charge on any atom is 0.226 e. The van der Waals surface area contributed by atoms with Crippen LogP contribution in [0.3, 0.4) is 0 Å². The second-order valence-corrected chi connectivity index (χ2v) is 8.78. The Morgan fingerprint density at radius 3 is 2.60 bits per heavy atom. The Labute approximate surface area is 156 Å². The van der Waals surface area contributed by atoms with Gasteiger partial charge in [0.05, 0.1) is 6.54 Å². The lowest BCUT2D eigenvalue weighted by Crippen LogP contribution is -2.46. The second kappa shape index (κ2) is 9.72. The minimum Gasteiger partial charge on any atom is -0.381 e. The van der Waals surface area contributed by atoms with E-state index in [1.165, 1.54) is 37.0 Å². The fraction of sp³-hybridized carbons (Fsp3) is 0.762. The van der Waals surface area contributed by atoms with Crippen LogP contribution in [0.5, 0.6) is 0 Å². The van der Waals surface area contributed by atoms with Crippen LogP contribution >= 0.6 is 11.3 Å². The van der Waals surface area contributed by atoms with Gasteiger partial charge in [0.1, 0.15) is 0 Å². The van der Waals surface area contributed by atoms with E-state index < -0.39 is 0 Å². The van der Waals surface area contributed by atoms with Crippen molar-refractivity contribution < 1.29 is 9.53 Å². The molecule has 1 aliphatic carbocycles. The number of rotatable bonds is 7. The van der Waals surface area contributed by atoms with Crippen LogP contribution in [-0.2, 0) is 16.1 Å². The lowest BCUT2D eigenvalue weighted by atomic mass is 9.79. The predicted molar refractivity (Wildman–Crippen MR) is 104 cm³/mol. The summed E-state index contributed by atoms with van der Waals surface area (Å²) in [6, 6.07) is 4.61. The van der Waals surface area contributed by atoms with Crippen LogP contribution in [-0.4, -0.2) is 30.1 Å². The van der Waals surface area contributed by atoms with Gasteiger partial charge in [0.25, 0.3) is 0 Å². The van der Waals surface area contributed by atoms with E-state index >= 15 is 0 Å². The number of thiophene rings is 1. The van der Waals surface area contributed by atoms with E-state index in [4.69, 9.17) is 4.74 Å². The van der Waals surface area contributed by atoms with Gasteiger partial charge in [0.15, 0.2) is 0 Å². The minimum atomic E-state index is 0.251. The first-order valence-corrected chi connectivity index (χ1v) is 11.1. The molecule has 140 valence electrons. The van der Waals surface area contributed by atoms with Crippen LogP contribution in [0.25, 0.3) is 0 Å². The molecule has 0 radical (unpaired) electrons. The zero-order valence-electron chi connectivity index (χ0n) is 15.6. The monoisotopic (exact) mass is 363 g/mol. The molecule has 0 bridgehead atoms. The van der Waals surface area contributed by atoms with Gasteiger partial charge in [0, 0.05) is 30.1 Å². The molecule has 1 saturated carbocycles. The molecule has 1 amide bonds. The summed E-state index contributed by atoms with van der Waals surface area (Å²) in [6.45, 7) is 4.65. The maximum absolute atomic E-state index is 13.3. The average Bonchev–Trinajstić information content (AvgIpc) is 3.18. The summed E-state index contributed by atoms with van der Waals surface area (Å²) in [7, 11) is 0. The number of carbonyl (C=O) groups is 1. The van der Waals surface area contributed by atoms with Gasteiger partial charge in [-0.1, -0.05) is 32.3 Å². The third-order valence-corrected chi connectivity index (χ3v) is 6.84. The Morgan fingerprint density at radius 2 is 1.96 bits per heavy atom. The first-order chi connectivity index (χ1) is 12.3. The Balaban J connectivity index is 1.60. The highest BCUT2D eigenvalue weighted by Gasteiger charge is 2.33. The van der Waals surface area contributed by atoms with E-state index in [0.717, 1.165) is 51.4 Å². The quantitative estimate of drug-likeness (QED) is 0.662. The lowest BCUT2D eigenvalue weighted by molar-refractivity contribution is -0.142. The number of ether oxygens (including phenoxy) is 1.